The van der Waals surface area contributed by atoms with E-state index in [-0.39, 0.29) is 6.04 Å². The van der Waals surface area contributed by atoms with Crippen molar-refractivity contribution >= 4 is 0 Å². The van der Waals surface area contributed by atoms with E-state index in [1.54, 1.807) is 7.11 Å². The summed E-state index contributed by atoms with van der Waals surface area (Å²) in [5, 5.41) is 0. The van der Waals surface area contributed by atoms with Crippen molar-refractivity contribution in [2.24, 2.45) is 5.73 Å². The predicted molar refractivity (Wildman–Crippen MR) is 65.3 cm³/mol. The van der Waals surface area contributed by atoms with E-state index in [0.29, 0.717) is 6.61 Å². The lowest BCUT2D eigenvalue weighted by atomic mass is 10.2. The minimum Gasteiger partial charge on any atom is -0.383 e. The van der Waals surface area contributed by atoms with Crippen molar-refractivity contribution in [1.29, 1.82) is 0 Å². The van der Waals surface area contributed by atoms with Crippen molar-refractivity contribution in [2.75, 3.05) is 33.9 Å². The molecule has 0 aliphatic rings. The van der Waals surface area contributed by atoms with Gasteiger partial charge in [-0.1, -0.05) is 6.07 Å². The lowest BCUT2D eigenvalue weighted by Crippen LogP contribution is -2.39. The van der Waals surface area contributed by atoms with Gasteiger partial charge in [0.2, 0.25) is 0 Å². The summed E-state index contributed by atoms with van der Waals surface area (Å²) in [5.41, 5.74) is 6.99. The minimum atomic E-state index is 0.0822. The molecule has 0 fully saturated rings. The van der Waals surface area contributed by atoms with Crippen molar-refractivity contribution in [3.05, 3.63) is 30.1 Å². The van der Waals surface area contributed by atoms with Crippen molar-refractivity contribution in [1.82, 2.24) is 9.88 Å². The molecule has 16 heavy (non-hydrogen) atoms. The van der Waals surface area contributed by atoms with Crippen LogP contribution in [0.5, 0.6) is 0 Å². The lowest BCUT2D eigenvalue weighted by Gasteiger charge is -2.20. The number of hydrogen-bond donors (Lipinski definition) is 1. The maximum atomic E-state index is 5.87. The van der Waals surface area contributed by atoms with Crippen LogP contribution in [0.1, 0.15) is 5.69 Å². The standard InChI is InChI=1S/C12H21N3O/c1-15(9-11(13)10-16-2)8-6-12-5-3-4-7-14-12/h3-5,7,11H,6,8-10,13H2,1-2H3. The summed E-state index contributed by atoms with van der Waals surface area (Å²) < 4.78 is 5.00. The molecule has 2 N–H and O–H groups in total. The van der Waals surface area contributed by atoms with Crippen LogP contribution < -0.4 is 5.73 Å². The van der Waals surface area contributed by atoms with E-state index in [4.69, 9.17) is 10.5 Å². The number of hydrogen-bond acceptors (Lipinski definition) is 4. The lowest BCUT2D eigenvalue weighted by molar-refractivity contribution is 0.161. The zero-order valence-corrected chi connectivity index (χ0v) is 10.1. The Hall–Kier alpha value is -0.970. The molecule has 90 valence electrons. The molecule has 1 unspecified atom stereocenters. The summed E-state index contributed by atoms with van der Waals surface area (Å²) in [6.07, 6.45) is 2.78. The maximum Gasteiger partial charge on any atom is 0.0626 e. The summed E-state index contributed by atoms with van der Waals surface area (Å²) in [5.74, 6) is 0. The molecule has 1 heterocycles. The number of ether oxygens (including phenoxy) is 1. The summed E-state index contributed by atoms with van der Waals surface area (Å²) in [4.78, 5) is 6.49. The highest BCUT2D eigenvalue weighted by molar-refractivity contribution is 5.03. The van der Waals surface area contributed by atoms with E-state index < -0.39 is 0 Å². The van der Waals surface area contributed by atoms with Crippen molar-refractivity contribution < 1.29 is 4.74 Å². The average molecular weight is 223 g/mol. The van der Waals surface area contributed by atoms with Gasteiger partial charge in [-0.05, 0) is 19.2 Å². The number of pyridine rings is 1. The molecule has 0 amide bonds. The predicted octanol–water partition coefficient (Wildman–Crippen LogP) is 0.530. The summed E-state index contributed by atoms with van der Waals surface area (Å²) in [6.45, 7) is 2.42. The molecule has 0 bridgehead atoms. The number of aromatic nitrogens is 1. The SMILES string of the molecule is COCC(N)CN(C)CCc1ccccn1. The number of nitrogens with two attached hydrogens (primary N) is 1. The fourth-order valence-corrected chi connectivity index (χ4v) is 1.61. The van der Waals surface area contributed by atoms with Gasteiger partial charge in [0.25, 0.3) is 0 Å². The molecule has 4 heteroatoms. The van der Waals surface area contributed by atoms with E-state index in [9.17, 15) is 0 Å². The quantitative estimate of drug-likeness (QED) is 0.732. The van der Waals surface area contributed by atoms with Crippen LogP contribution in [-0.4, -0.2) is 49.8 Å². The summed E-state index contributed by atoms with van der Waals surface area (Å²) in [6, 6.07) is 6.07. The van der Waals surface area contributed by atoms with Gasteiger partial charge in [-0.25, -0.2) is 0 Å². The first kappa shape index (κ1) is 13.1. The van der Waals surface area contributed by atoms with Gasteiger partial charge in [-0.3, -0.25) is 4.98 Å². The van der Waals surface area contributed by atoms with Gasteiger partial charge in [0, 0.05) is 44.6 Å². The molecule has 0 saturated carbocycles. The van der Waals surface area contributed by atoms with Gasteiger partial charge in [-0.2, -0.15) is 0 Å². The third-order valence-corrected chi connectivity index (χ3v) is 2.40. The Kier molecular flexibility index (Phi) is 6.00. The fourth-order valence-electron chi connectivity index (χ4n) is 1.61. The molecule has 0 saturated heterocycles. The van der Waals surface area contributed by atoms with E-state index in [2.05, 4.69) is 16.9 Å². The van der Waals surface area contributed by atoms with E-state index in [1.807, 2.05) is 24.4 Å². The Balaban J connectivity index is 2.22. The Bertz CT molecular complexity index is 279. The Morgan fingerprint density at radius 1 is 1.50 bits per heavy atom. The molecule has 1 atom stereocenters. The van der Waals surface area contributed by atoms with Gasteiger partial charge in [0.15, 0.2) is 0 Å². The summed E-state index contributed by atoms with van der Waals surface area (Å²) in [7, 11) is 3.74. The van der Waals surface area contributed by atoms with Gasteiger partial charge >= 0.3 is 0 Å². The second-order valence-electron chi connectivity index (χ2n) is 4.05. The van der Waals surface area contributed by atoms with Gasteiger partial charge in [-0.15, -0.1) is 0 Å². The normalized spacial score (nSPS) is 13.0. The Labute approximate surface area is 97.4 Å². The van der Waals surface area contributed by atoms with Crippen molar-refractivity contribution in [3.63, 3.8) is 0 Å². The maximum absolute atomic E-state index is 5.87. The van der Waals surface area contributed by atoms with E-state index in [0.717, 1.165) is 25.2 Å². The van der Waals surface area contributed by atoms with Crippen LogP contribution >= 0.6 is 0 Å². The van der Waals surface area contributed by atoms with Crippen LogP contribution in [0.3, 0.4) is 0 Å². The first-order chi connectivity index (χ1) is 7.72. The van der Waals surface area contributed by atoms with Crippen LogP contribution in [0.25, 0.3) is 0 Å². The second-order valence-corrected chi connectivity index (χ2v) is 4.05. The Morgan fingerprint density at radius 3 is 2.94 bits per heavy atom. The fraction of sp³-hybridized carbons (Fsp3) is 0.583. The smallest absolute Gasteiger partial charge is 0.0626 e. The zero-order chi connectivity index (χ0) is 11.8. The summed E-state index contributed by atoms with van der Waals surface area (Å²) >= 11 is 0. The van der Waals surface area contributed by atoms with Gasteiger partial charge in [0.1, 0.15) is 0 Å². The molecule has 1 rings (SSSR count). The molecule has 0 aliphatic heterocycles. The molecular formula is C12H21N3O. The average Bonchev–Trinajstić information content (AvgIpc) is 2.28. The topological polar surface area (TPSA) is 51.4 Å². The van der Waals surface area contributed by atoms with Gasteiger partial charge < -0.3 is 15.4 Å². The number of nitrogens with zero attached hydrogens (tertiary/aromatic N) is 2. The van der Waals surface area contributed by atoms with Crippen molar-refractivity contribution in [3.8, 4) is 0 Å². The third-order valence-electron chi connectivity index (χ3n) is 2.40. The molecule has 1 aromatic rings. The van der Waals surface area contributed by atoms with E-state index in [1.165, 1.54) is 0 Å². The van der Waals surface area contributed by atoms with Crippen LogP contribution in [0.15, 0.2) is 24.4 Å². The molecule has 0 aliphatic carbocycles. The van der Waals surface area contributed by atoms with Crippen LogP contribution in [0, 0.1) is 0 Å². The molecule has 1 aromatic heterocycles. The van der Waals surface area contributed by atoms with Gasteiger partial charge in [0.05, 0.1) is 6.61 Å². The zero-order valence-electron chi connectivity index (χ0n) is 10.1. The monoisotopic (exact) mass is 223 g/mol. The number of rotatable bonds is 7. The van der Waals surface area contributed by atoms with Crippen LogP contribution in [0.2, 0.25) is 0 Å². The number of likely N-dealkylation sites (N-methyl/N-ethyl adjacent to an activating group) is 1. The Morgan fingerprint density at radius 2 is 2.31 bits per heavy atom. The second kappa shape index (κ2) is 7.33. The largest absolute Gasteiger partial charge is 0.383 e. The molecular weight excluding hydrogens is 202 g/mol. The molecule has 0 radical (unpaired) electrons. The minimum absolute atomic E-state index is 0.0822. The molecule has 0 spiro atoms. The third kappa shape index (κ3) is 5.21. The molecule has 0 aromatic carbocycles. The van der Waals surface area contributed by atoms with Crippen LogP contribution in [-0.2, 0) is 11.2 Å². The highest BCUT2D eigenvalue weighted by Gasteiger charge is 2.06. The highest BCUT2D eigenvalue weighted by Crippen LogP contribution is 1.97. The van der Waals surface area contributed by atoms with Crippen molar-refractivity contribution in [2.45, 2.75) is 12.5 Å². The van der Waals surface area contributed by atoms with E-state index >= 15 is 0 Å². The first-order valence-electron chi connectivity index (χ1n) is 5.55. The molecule has 4 nitrogen and oxygen atoms in total. The number of methoxy groups -OCH3 is 1. The van der Waals surface area contributed by atoms with Crippen LogP contribution in [0.4, 0.5) is 0 Å². The first-order valence-corrected chi connectivity index (χ1v) is 5.55. The highest BCUT2D eigenvalue weighted by atomic mass is 16.5.